The second kappa shape index (κ2) is 5.84. The molecule has 1 aliphatic rings. The van der Waals surface area contributed by atoms with Crippen molar-refractivity contribution in [1.82, 2.24) is 10.2 Å². The Morgan fingerprint density at radius 1 is 1.69 bits per heavy atom. The minimum absolute atomic E-state index is 0.0539. The van der Waals surface area contributed by atoms with Crippen LogP contribution in [0.5, 0.6) is 0 Å². The topological polar surface area (TPSA) is 69.6 Å². The van der Waals surface area contributed by atoms with Crippen LogP contribution in [0.1, 0.15) is 26.7 Å². The van der Waals surface area contributed by atoms with E-state index in [9.17, 15) is 9.59 Å². The fraction of sp³-hybridized carbons (Fsp3) is 0.818. The third-order valence-electron chi connectivity index (χ3n) is 2.83. The Balaban J connectivity index is 2.30. The molecule has 5 nitrogen and oxygen atoms in total. The molecule has 0 aromatic carbocycles. The molecule has 0 spiro atoms. The molecule has 16 heavy (non-hydrogen) atoms. The molecule has 1 saturated heterocycles. The maximum absolute atomic E-state index is 11.7. The average molecular weight is 228 g/mol. The van der Waals surface area contributed by atoms with E-state index in [2.05, 4.69) is 5.32 Å². The zero-order valence-corrected chi connectivity index (χ0v) is 9.90. The Kier molecular flexibility index (Phi) is 4.73. The Labute approximate surface area is 95.8 Å². The molecule has 1 heterocycles. The minimum Gasteiger partial charge on any atom is -0.393 e. The Morgan fingerprint density at radius 3 is 2.88 bits per heavy atom. The lowest BCUT2D eigenvalue weighted by molar-refractivity contribution is -0.128. The highest BCUT2D eigenvalue weighted by Crippen LogP contribution is 2.17. The molecule has 1 aliphatic heterocycles. The van der Waals surface area contributed by atoms with Gasteiger partial charge in [0.1, 0.15) is 0 Å². The number of aliphatic hydroxyl groups is 1. The second-order valence-corrected chi connectivity index (χ2v) is 4.26. The number of rotatable bonds is 5. The molecule has 2 atom stereocenters. The van der Waals surface area contributed by atoms with Gasteiger partial charge in [0.05, 0.1) is 12.0 Å². The second-order valence-electron chi connectivity index (χ2n) is 4.26. The monoisotopic (exact) mass is 228 g/mol. The average Bonchev–Trinajstić information content (AvgIpc) is 2.59. The van der Waals surface area contributed by atoms with Gasteiger partial charge in [-0.2, -0.15) is 0 Å². The van der Waals surface area contributed by atoms with Crippen LogP contribution in [0.15, 0.2) is 0 Å². The molecular formula is C11H20N2O3. The van der Waals surface area contributed by atoms with Crippen LogP contribution >= 0.6 is 0 Å². The van der Waals surface area contributed by atoms with Crippen molar-refractivity contribution >= 4 is 11.8 Å². The summed E-state index contributed by atoms with van der Waals surface area (Å²) < 4.78 is 0. The van der Waals surface area contributed by atoms with E-state index in [1.165, 1.54) is 0 Å². The van der Waals surface area contributed by atoms with Crippen molar-refractivity contribution in [3.8, 4) is 0 Å². The van der Waals surface area contributed by atoms with E-state index < -0.39 is 6.10 Å². The van der Waals surface area contributed by atoms with Crippen LogP contribution in [0.25, 0.3) is 0 Å². The number of amides is 2. The van der Waals surface area contributed by atoms with Gasteiger partial charge in [-0.15, -0.1) is 0 Å². The lowest BCUT2D eigenvalue weighted by Gasteiger charge is -2.13. The molecule has 2 amide bonds. The van der Waals surface area contributed by atoms with E-state index in [0.29, 0.717) is 32.5 Å². The van der Waals surface area contributed by atoms with Gasteiger partial charge in [0, 0.05) is 26.1 Å². The predicted molar refractivity (Wildman–Crippen MR) is 59.7 cm³/mol. The van der Waals surface area contributed by atoms with Gasteiger partial charge in [-0.05, 0) is 20.3 Å². The summed E-state index contributed by atoms with van der Waals surface area (Å²) >= 11 is 0. The van der Waals surface area contributed by atoms with Crippen molar-refractivity contribution in [3.63, 3.8) is 0 Å². The molecule has 0 radical (unpaired) electrons. The van der Waals surface area contributed by atoms with Crippen molar-refractivity contribution in [2.75, 3.05) is 19.6 Å². The van der Waals surface area contributed by atoms with Crippen molar-refractivity contribution in [2.24, 2.45) is 5.92 Å². The summed E-state index contributed by atoms with van der Waals surface area (Å²) in [4.78, 5) is 24.8. The number of carbonyl (C=O) groups excluding carboxylic acids is 2. The van der Waals surface area contributed by atoms with Gasteiger partial charge in [-0.25, -0.2) is 0 Å². The van der Waals surface area contributed by atoms with Crippen LogP contribution in [0, 0.1) is 5.92 Å². The van der Waals surface area contributed by atoms with Gasteiger partial charge in [-0.3, -0.25) is 9.59 Å². The summed E-state index contributed by atoms with van der Waals surface area (Å²) in [5.41, 5.74) is 0. The van der Waals surface area contributed by atoms with Crippen LogP contribution in [0.2, 0.25) is 0 Å². The quantitative estimate of drug-likeness (QED) is 0.681. The van der Waals surface area contributed by atoms with Crippen molar-refractivity contribution in [1.29, 1.82) is 0 Å². The van der Waals surface area contributed by atoms with E-state index in [1.54, 1.807) is 11.8 Å². The standard InChI is InChI=1S/C11H20N2O3/c1-3-13-7-9(6-10(13)15)11(16)12-5-4-8(2)14/h8-9,14H,3-7H2,1-2H3,(H,12,16). The van der Waals surface area contributed by atoms with Crippen molar-refractivity contribution < 1.29 is 14.7 Å². The summed E-state index contributed by atoms with van der Waals surface area (Å²) in [7, 11) is 0. The molecular weight excluding hydrogens is 208 g/mol. The predicted octanol–water partition coefficient (Wildman–Crippen LogP) is -0.258. The number of hydrogen-bond donors (Lipinski definition) is 2. The Morgan fingerprint density at radius 2 is 2.38 bits per heavy atom. The highest BCUT2D eigenvalue weighted by molar-refractivity contribution is 5.89. The number of nitrogens with zero attached hydrogens (tertiary/aromatic N) is 1. The first-order chi connectivity index (χ1) is 7.54. The maximum atomic E-state index is 11.7. The van der Waals surface area contributed by atoms with Gasteiger partial charge >= 0.3 is 0 Å². The molecule has 0 aromatic heterocycles. The van der Waals surface area contributed by atoms with Crippen LogP contribution in [0.4, 0.5) is 0 Å². The molecule has 0 saturated carbocycles. The molecule has 0 aromatic rings. The van der Waals surface area contributed by atoms with Gasteiger partial charge in [0.2, 0.25) is 11.8 Å². The minimum atomic E-state index is -0.405. The maximum Gasteiger partial charge on any atom is 0.225 e. The molecule has 1 rings (SSSR count). The van der Waals surface area contributed by atoms with Crippen molar-refractivity contribution in [2.45, 2.75) is 32.8 Å². The molecule has 5 heteroatoms. The smallest absolute Gasteiger partial charge is 0.225 e. The first-order valence-corrected chi connectivity index (χ1v) is 5.78. The van der Waals surface area contributed by atoms with Crippen LogP contribution < -0.4 is 5.32 Å². The number of carbonyl (C=O) groups is 2. The highest BCUT2D eigenvalue weighted by Gasteiger charge is 2.32. The Hall–Kier alpha value is -1.10. The van der Waals surface area contributed by atoms with Crippen LogP contribution in [-0.4, -0.2) is 47.6 Å². The van der Waals surface area contributed by atoms with Crippen LogP contribution in [-0.2, 0) is 9.59 Å². The molecule has 0 bridgehead atoms. The fourth-order valence-corrected chi connectivity index (χ4v) is 1.80. The largest absolute Gasteiger partial charge is 0.393 e. The third-order valence-corrected chi connectivity index (χ3v) is 2.83. The van der Waals surface area contributed by atoms with Crippen LogP contribution in [0.3, 0.4) is 0 Å². The van der Waals surface area contributed by atoms with Crippen molar-refractivity contribution in [3.05, 3.63) is 0 Å². The zero-order chi connectivity index (χ0) is 12.1. The summed E-state index contributed by atoms with van der Waals surface area (Å²) in [6, 6.07) is 0. The normalized spacial score (nSPS) is 22.3. The lowest BCUT2D eigenvalue weighted by Crippen LogP contribution is -2.34. The summed E-state index contributed by atoms with van der Waals surface area (Å²) in [6.45, 7) is 5.25. The molecule has 2 N–H and O–H groups in total. The third kappa shape index (κ3) is 3.48. The summed E-state index contributed by atoms with van der Waals surface area (Å²) in [6.07, 6.45) is 0.454. The fourth-order valence-electron chi connectivity index (χ4n) is 1.80. The first kappa shape index (κ1) is 13.0. The lowest BCUT2D eigenvalue weighted by atomic mass is 10.1. The van der Waals surface area contributed by atoms with E-state index >= 15 is 0 Å². The molecule has 1 fully saturated rings. The SMILES string of the molecule is CCN1CC(C(=O)NCCC(C)O)CC1=O. The summed E-state index contributed by atoms with van der Waals surface area (Å²) in [5.74, 6) is -0.246. The Bertz CT molecular complexity index is 266. The van der Waals surface area contributed by atoms with Gasteiger partial charge < -0.3 is 15.3 Å². The summed E-state index contributed by atoms with van der Waals surface area (Å²) in [5, 5.41) is 11.8. The van der Waals surface area contributed by atoms with E-state index in [-0.39, 0.29) is 17.7 Å². The number of likely N-dealkylation sites (tertiary alicyclic amines) is 1. The zero-order valence-electron chi connectivity index (χ0n) is 9.90. The first-order valence-electron chi connectivity index (χ1n) is 5.78. The van der Waals surface area contributed by atoms with E-state index in [4.69, 9.17) is 5.11 Å². The van der Waals surface area contributed by atoms with E-state index in [0.717, 1.165) is 0 Å². The molecule has 0 aliphatic carbocycles. The molecule has 92 valence electrons. The number of aliphatic hydroxyl groups excluding tert-OH is 1. The highest BCUT2D eigenvalue weighted by atomic mass is 16.3. The van der Waals surface area contributed by atoms with Gasteiger partial charge in [0.15, 0.2) is 0 Å². The van der Waals surface area contributed by atoms with Gasteiger partial charge in [-0.1, -0.05) is 0 Å². The molecule has 2 unspecified atom stereocenters. The number of nitrogens with one attached hydrogen (secondary N) is 1. The number of hydrogen-bond acceptors (Lipinski definition) is 3. The van der Waals surface area contributed by atoms with Gasteiger partial charge in [0.25, 0.3) is 0 Å². The van der Waals surface area contributed by atoms with E-state index in [1.807, 2.05) is 6.92 Å².